The maximum absolute atomic E-state index is 11.0. The molecule has 2 aromatic rings. The SMILES string of the molecule is COC(=O)NCCNc1nccc(-c2nc(C3CC3)[nH]c2Br)n1. The molecule has 2 aromatic heterocycles. The highest BCUT2D eigenvalue weighted by molar-refractivity contribution is 9.10. The van der Waals surface area contributed by atoms with Crippen molar-refractivity contribution < 1.29 is 9.53 Å². The Kier molecular flexibility index (Phi) is 4.75. The molecule has 1 amide bonds. The van der Waals surface area contributed by atoms with Crippen LogP contribution in [0.15, 0.2) is 16.9 Å². The largest absolute Gasteiger partial charge is 0.453 e. The number of anilines is 1. The number of H-pyrrole nitrogens is 1. The van der Waals surface area contributed by atoms with Crippen molar-refractivity contribution in [3.8, 4) is 11.4 Å². The van der Waals surface area contributed by atoms with Crippen LogP contribution < -0.4 is 10.6 Å². The molecule has 1 saturated carbocycles. The van der Waals surface area contributed by atoms with E-state index in [2.05, 4.69) is 51.2 Å². The summed E-state index contributed by atoms with van der Waals surface area (Å²) in [6, 6.07) is 1.81. The molecule has 3 rings (SSSR count). The van der Waals surface area contributed by atoms with Gasteiger partial charge >= 0.3 is 6.09 Å². The fourth-order valence-electron chi connectivity index (χ4n) is 2.08. The van der Waals surface area contributed by atoms with E-state index < -0.39 is 6.09 Å². The first-order valence-corrected chi connectivity index (χ1v) is 8.11. The molecule has 0 bridgehead atoms. The number of ether oxygens (including phenoxy) is 1. The van der Waals surface area contributed by atoms with Gasteiger partial charge in [0.1, 0.15) is 16.1 Å². The van der Waals surface area contributed by atoms with Gasteiger partial charge in [0, 0.05) is 25.2 Å². The van der Waals surface area contributed by atoms with E-state index >= 15 is 0 Å². The van der Waals surface area contributed by atoms with Crippen molar-refractivity contribution in [3.05, 3.63) is 22.7 Å². The fourth-order valence-corrected chi connectivity index (χ4v) is 2.57. The Balaban J connectivity index is 1.64. The monoisotopic (exact) mass is 380 g/mol. The Morgan fingerprint density at radius 1 is 1.43 bits per heavy atom. The minimum absolute atomic E-state index is 0.415. The van der Waals surface area contributed by atoms with E-state index in [0.717, 1.165) is 21.8 Å². The number of halogens is 1. The number of alkyl carbamates (subject to hydrolysis) is 1. The summed E-state index contributed by atoms with van der Waals surface area (Å²) in [5.41, 5.74) is 1.52. The molecule has 0 aliphatic heterocycles. The van der Waals surface area contributed by atoms with Crippen LogP contribution >= 0.6 is 15.9 Å². The molecule has 0 spiro atoms. The van der Waals surface area contributed by atoms with Crippen LogP contribution in [0, 0.1) is 0 Å². The van der Waals surface area contributed by atoms with E-state index in [-0.39, 0.29) is 0 Å². The second-order valence-electron chi connectivity index (χ2n) is 5.17. The second-order valence-corrected chi connectivity index (χ2v) is 5.96. The third-order valence-corrected chi connectivity index (χ3v) is 3.98. The molecular formula is C14H17BrN6O2. The van der Waals surface area contributed by atoms with Crippen molar-refractivity contribution in [3.63, 3.8) is 0 Å². The molecule has 3 N–H and O–H groups in total. The van der Waals surface area contributed by atoms with Crippen molar-refractivity contribution in [1.82, 2.24) is 25.3 Å². The molecule has 23 heavy (non-hydrogen) atoms. The van der Waals surface area contributed by atoms with Crippen molar-refractivity contribution in [2.24, 2.45) is 0 Å². The van der Waals surface area contributed by atoms with Crippen LogP contribution in [0.5, 0.6) is 0 Å². The zero-order valence-electron chi connectivity index (χ0n) is 12.6. The number of hydrogen-bond acceptors (Lipinski definition) is 6. The van der Waals surface area contributed by atoms with Crippen molar-refractivity contribution in [2.75, 3.05) is 25.5 Å². The van der Waals surface area contributed by atoms with Gasteiger partial charge in [0.25, 0.3) is 0 Å². The van der Waals surface area contributed by atoms with E-state index in [1.54, 1.807) is 6.20 Å². The average molecular weight is 381 g/mol. The van der Waals surface area contributed by atoms with Crippen molar-refractivity contribution in [2.45, 2.75) is 18.8 Å². The first-order chi connectivity index (χ1) is 11.2. The van der Waals surface area contributed by atoms with E-state index in [4.69, 9.17) is 0 Å². The van der Waals surface area contributed by atoms with Crippen LogP contribution in [0.4, 0.5) is 10.7 Å². The Morgan fingerprint density at radius 2 is 2.26 bits per heavy atom. The number of carbonyl (C=O) groups excluding carboxylic acids is 1. The van der Waals surface area contributed by atoms with Gasteiger partial charge in [-0.15, -0.1) is 0 Å². The minimum Gasteiger partial charge on any atom is -0.453 e. The number of nitrogens with one attached hydrogen (secondary N) is 3. The standard InChI is InChI=1S/C14H17BrN6O2/c1-23-14(22)18-7-6-17-13-16-5-4-9(19-13)10-11(15)21-12(20-10)8-2-3-8/h4-5,8H,2-3,6-7H2,1H3,(H,18,22)(H,20,21)(H,16,17,19). The van der Waals surface area contributed by atoms with E-state index in [1.165, 1.54) is 20.0 Å². The lowest BCUT2D eigenvalue weighted by atomic mass is 10.3. The number of amides is 1. The predicted molar refractivity (Wildman–Crippen MR) is 88.2 cm³/mol. The summed E-state index contributed by atoms with van der Waals surface area (Å²) >= 11 is 3.50. The van der Waals surface area contributed by atoms with E-state index in [9.17, 15) is 4.79 Å². The topological polar surface area (TPSA) is 105 Å². The molecule has 0 unspecified atom stereocenters. The van der Waals surface area contributed by atoms with Crippen molar-refractivity contribution in [1.29, 1.82) is 0 Å². The number of nitrogens with zero attached hydrogens (tertiary/aromatic N) is 3. The quantitative estimate of drug-likeness (QED) is 0.663. The lowest BCUT2D eigenvalue weighted by molar-refractivity contribution is 0.171. The van der Waals surface area contributed by atoms with Gasteiger partial charge in [-0.2, -0.15) is 0 Å². The Morgan fingerprint density at radius 3 is 3.00 bits per heavy atom. The zero-order valence-corrected chi connectivity index (χ0v) is 14.2. The maximum Gasteiger partial charge on any atom is 0.406 e. The molecule has 2 heterocycles. The number of methoxy groups -OCH3 is 1. The number of imidazole rings is 1. The number of aromatic amines is 1. The smallest absolute Gasteiger partial charge is 0.406 e. The Bertz CT molecular complexity index is 700. The number of carbonyl (C=O) groups is 1. The van der Waals surface area contributed by atoms with Crippen LogP contribution in [0.1, 0.15) is 24.6 Å². The first-order valence-electron chi connectivity index (χ1n) is 7.32. The summed E-state index contributed by atoms with van der Waals surface area (Å²) in [5, 5.41) is 5.63. The molecule has 1 aliphatic carbocycles. The second kappa shape index (κ2) is 6.95. The molecule has 0 atom stereocenters. The third-order valence-electron chi connectivity index (χ3n) is 3.40. The van der Waals surface area contributed by atoms with E-state index in [1.807, 2.05) is 6.07 Å². The number of aromatic nitrogens is 4. The summed E-state index contributed by atoms with van der Waals surface area (Å²) in [6.45, 7) is 0.909. The van der Waals surface area contributed by atoms with Gasteiger partial charge in [0.15, 0.2) is 0 Å². The minimum atomic E-state index is -0.463. The van der Waals surface area contributed by atoms with Crippen LogP contribution in [0.25, 0.3) is 11.4 Å². The van der Waals surface area contributed by atoms with Gasteiger partial charge in [-0.05, 0) is 34.8 Å². The zero-order chi connectivity index (χ0) is 16.2. The highest BCUT2D eigenvalue weighted by atomic mass is 79.9. The molecule has 1 fully saturated rings. The predicted octanol–water partition coefficient (Wildman–Crippen LogP) is 2.27. The van der Waals surface area contributed by atoms with Crippen LogP contribution in [-0.4, -0.2) is 46.2 Å². The molecule has 8 nitrogen and oxygen atoms in total. The van der Waals surface area contributed by atoms with Crippen LogP contribution in [0.2, 0.25) is 0 Å². The van der Waals surface area contributed by atoms with Gasteiger partial charge in [-0.25, -0.2) is 19.7 Å². The fraction of sp³-hybridized carbons (Fsp3) is 0.429. The van der Waals surface area contributed by atoms with Crippen LogP contribution in [0.3, 0.4) is 0 Å². The number of rotatable bonds is 6. The third kappa shape index (κ3) is 3.98. The molecule has 0 aromatic carbocycles. The van der Waals surface area contributed by atoms with Gasteiger partial charge in [-0.3, -0.25) is 0 Å². The highest BCUT2D eigenvalue weighted by Crippen LogP contribution is 2.40. The molecule has 0 radical (unpaired) electrons. The van der Waals surface area contributed by atoms with Gasteiger partial charge < -0.3 is 20.4 Å². The molecular weight excluding hydrogens is 364 g/mol. The first kappa shape index (κ1) is 15.7. The molecule has 122 valence electrons. The Labute approximate surface area is 141 Å². The summed E-state index contributed by atoms with van der Waals surface area (Å²) in [4.78, 5) is 27.5. The maximum atomic E-state index is 11.0. The summed E-state index contributed by atoms with van der Waals surface area (Å²) in [5.74, 6) is 2.03. The summed E-state index contributed by atoms with van der Waals surface area (Å²) in [7, 11) is 1.33. The molecule has 1 aliphatic rings. The molecule has 9 heteroatoms. The normalized spacial score (nSPS) is 13.7. The van der Waals surface area contributed by atoms with E-state index in [0.29, 0.717) is 25.0 Å². The lowest BCUT2D eigenvalue weighted by Gasteiger charge is -2.06. The van der Waals surface area contributed by atoms with Gasteiger partial charge in [-0.1, -0.05) is 0 Å². The molecule has 0 saturated heterocycles. The lowest BCUT2D eigenvalue weighted by Crippen LogP contribution is -2.28. The highest BCUT2D eigenvalue weighted by Gasteiger charge is 2.28. The Hall–Kier alpha value is -2.16. The summed E-state index contributed by atoms with van der Waals surface area (Å²) in [6.07, 6.45) is 3.58. The average Bonchev–Trinajstić information content (AvgIpc) is 3.34. The number of hydrogen-bond donors (Lipinski definition) is 3. The van der Waals surface area contributed by atoms with Gasteiger partial charge in [0.2, 0.25) is 5.95 Å². The summed E-state index contributed by atoms with van der Waals surface area (Å²) < 4.78 is 5.32. The van der Waals surface area contributed by atoms with Crippen molar-refractivity contribution >= 4 is 28.0 Å². The van der Waals surface area contributed by atoms with Crippen LogP contribution in [-0.2, 0) is 4.74 Å². The van der Waals surface area contributed by atoms with Gasteiger partial charge in [0.05, 0.1) is 12.8 Å².